The van der Waals surface area contributed by atoms with E-state index in [1.54, 1.807) is 27.7 Å². The maximum Gasteiger partial charge on any atom is 0.340 e. The highest BCUT2D eigenvalue weighted by Gasteiger charge is 2.17. The zero-order valence-corrected chi connectivity index (χ0v) is 11.2. The second-order valence-electron chi connectivity index (χ2n) is 3.86. The van der Waals surface area contributed by atoms with Gasteiger partial charge in [0, 0.05) is 11.8 Å². The standard InChI is InChI=1S/C14H17NO3/c1-5-7-8-15-11(4)13(14(17)18-6-2)10(3)9-12(15)16/h9H,6,8H2,1-4H3. The van der Waals surface area contributed by atoms with Gasteiger partial charge in [-0.15, -0.1) is 5.92 Å². The average Bonchev–Trinajstić information content (AvgIpc) is 2.28. The number of carbonyl (C=O) groups is 1. The van der Waals surface area contributed by atoms with E-state index >= 15 is 0 Å². The zero-order valence-electron chi connectivity index (χ0n) is 11.2. The Morgan fingerprint density at radius 1 is 1.44 bits per heavy atom. The smallest absolute Gasteiger partial charge is 0.340 e. The topological polar surface area (TPSA) is 48.3 Å². The third kappa shape index (κ3) is 2.80. The average molecular weight is 247 g/mol. The van der Waals surface area contributed by atoms with E-state index in [0.717, 1.165) is 0 Å². The van der Waals surface area contributed by atoms with Crippen LogP contribution in [0.4, 0.5) is 0 Å². The first kappa shape index (κ1) is 14.0. The molecule has 1 aromatic heterocycles. The van der Waals surface area contributed by atoms with Gasteiger partial charge in [0.05, 0.1) is 18.7 Å². The first-order chi connectivity index (χ1) is 8.52. The summed E-state index contributed by atoms with van der Waals surface area (Å²) < 4.78 is 6.48. The first-order valence-electron chi connectivity index (χ1n) is 5.80. The van der Waals surface area contributed by atoms with Crippen molar-refractivity contribution in [3.8, 4) is 11.8 Å². The molecule has 1 rings (SSSR count). The second kappa shape index (κ2) is 6.06. The Morgan fingerprint density at radius 2 is 2.11 bits per heavy atom. The van der Waals surface area contributed by atoms with Crippen LogP contribution in [0.5, 0.6) is 0 Å². The lowest BCUT2D eigenvalue weighted by atomic mass is 10.1. The van der Waals surface area contributed by atoms with Gasteiger partial charge in [0.2, 0.25) is 0 Å². The molecule has 0 aromatic carbocycles. The SMILES string of the molecule is CC#CCn1c(C)c(C(=O)OCC)c(C)cc1=O. The molecule has 1 aromatic rings. The van der Waals surface area contributed by atoms with Gasteiger partial charge in [-0.1, -0.05) is 5.92 Å². The van der Waals surface area contributed by atoms with Crippen molar-refractivity contribution in [3.63, 3.8) is 0 Å². The van der Waals surface area contributed by atoms with Crippen molar-refractivity contribution >= 4 is 5.97 Å². The minimum atomic E-state index is -0.397. The van der Waals surface area contributed by atoms with Gasteiger partial charge in [-0.3, -0.25) is 4.79 Å². The lowest BCUT2D eigenvalue weighted by molar-refractivity contribution is 0.0523. The molecule has 0 N–H and O–H groups in total. The van der Waals surface area contributed by atoms with Crippen LogP contribution in [0.3, 0.4) is 0 Å². The summed E-state index contributed by atoms with van der Waals surface area (Å²) in [5, 5.41) is 0. The van der Waals surface area contributed by atoms with E-state index in [2.05, 4.69) is 11.8 Å². The van der Waals surface area contributed by atoms with Gasteiger partial charge < -0.3 is 9.30 Å². The van der Waals surface area contributed by atoms with Gasteiger partial charge in [0.15, 0.2) is 0 Å². The van der Waals surface area contributed by atoms with E-state index in [-0.39, 0.29) is 12.1 Å². The van der Waals surface area contributed by atoms with Crippen molar-refractivity contribution in [1.82, 2.24) is 4.57 Å². The summed E-state index contributed by atoms with van der Waals surface area (Å²) in [4.78, 5) is 23.7. The maximum atomic E-state index is 11.9. The fourth-order valence-corrected chi connectivity index (χ4v) is 1.79. The largest absolute Gasteiger partial charge is 0.462 e. The van der Waals surface area contributed by atoms with Crippen molar-refractivity contribution in [2.24, 2.45) is 0 Å². The minimum Gasteiger partial charge on any atom is -0.462 e. The van der Waals surface area contributed by atoms with E-state index in [9.17, 15) is 9.59 Å². The summed E-state index contributed by atoms with van der Waals surface area (Å²) in [5.41, 5.74) is 1.54. The van der Waals surface area contributed by atoms with Crippen molar-refractivity contribution in [2.75, 3.05) is 6.61 Å². The number of esters is 1. The maximum absolute atomic E-state index is 11.9. The molecule has 96 valence electrons. The molecule has 4 nitrogen and oxygen atoms in total. The third-order valence-electron chi connectivity index (χ3n) is 2.66. The fourth-order valence-electron chi connectivity index (χ4n) is 1.79. The molecule has 0 unspecified atom stereocenters. The summed E-state index contributed by atoms with van der Waals surface area (Å²) in [7, 11) is 0. The Labute approximate surface area is 107 Å². The molecule has 0 spiro atoms. The molecule has 0 atom stereocenters. The summed E-state index contributed by atoms with van der Waals surface area (Å²) in [6.45, 7) is 7.52. The molecule has 0 bridgehead atoms. The quantitative estimate of drug-likeness (QED) is 0.603. The van der Waals surface area contributed by atoms with Gasteiger partial charge in [0.1, 0.15) is 0 Å². The van der Waals surface area contributed by atoms with Crippen LogP contribution in [0.25, 0.3) is 0 Å². The number of aryl methyl sites for hydroxylation is 1. The van der Waals surface area contributed by atoms with Gasteiger partial charge in [0.25, 0.3) is 5.56 Å². The Kier molecular flexibility index (Phi) is 4.73. The van der Waals surface area contributed by atoms with Crippen LogP contribution in [0, 0.1) is 25.7 Å². The van der Waals surface area contributed by atoms with Gasteiger partial charge >= 0.3 is 5.97 Å². The lowest BCUT2D eigenvalue weighted by Crippen LogP contribution is -2.25. The van der Waals surface area contributed by atoms with E-state index in [4.69, 9.17) is 4.74 Å². The second-order valence-corrected chi connectivity index (χ2v) is 3.86. The molecular weight excluding hydrogens is 230 g/mol. The van der Waals surface area contributed by atoms with E-state index in [1.807, 2.05) is 0 Å². The van der Waals surface area contributed by atoms with Crippen LogP contribution in [0.2, 0.25) is 0 Å². The predicted octanol–water partition coefficient (Wildman–Crippen LogP) is 1.67. The van der Waals surface area contributed by atoms with E-state index in [1.165, 1.54) is 10.6 Å². The summed E-state index contributed by atoms with van der Waals surface area (Å²) in [6, 6.07) is 1.44. The fraction of sp³-hybridized carbons (Fsp3) is 0.429. The van der Waals surface area contributed by atoms with E-state index < -0.39 is 5.97 Å². The van der Waals surface area contributed by atoms with Gasteiger partial charge in [-0.25, -0.2) is 4.79 Å². The van der Waals surface area contributed by atoms with Crippen molar-refractivity contribution in [3.05, 3.63) is 33.2 Å². The number of nitrogens with zero attached hydrogens (tertiary/aromatic N) is 1. The number of rotatable bonds is 3. The van der Waals surface area contributed by atoms with Crippen LogP contribution < -0.4 is 5.56 Å². The molecule has 4 heteroatoms. The Hall–Kier alpha value is -2.02. The zero-order chi connectivity index (χ0) is 13.7. The summed E-state index contributed by atoms with van der Waals surface area (Å²) in [6.07, 6.45) is 0. The first-order valence-corrected chi connectivity index (χ1v) is 5.80. The number of aromatic nitrogens is 1. The van der Waals surface area contributed by atoms with Gasteiger partial charge in [-0.05, 0) is 33.3 Å². The molecule has 0 aliphatic rings. The van der Waals surface area contributed by atoms with Crippen LogP contribution in [-0.2, 0) is 11.3 Å². The van der Waals surface area contributed by atoms with Crippen molar-refractivity contribution in [2.45, 2.75) is 34.2 Å². The third-order valence-corrected chi connectivity index (χ3v) is 2.66. The van der Waals surface area contributed by atoms with Crippen molar-refractivity contribution in [1.29, 1.82) is 0 Å². The Morgan fingerprint density at radius 3 is 2.67 bits per heavy atom. The molecule has 0 amide bonds. The molecule has 18 heavy (non-hydrogen) atoms. The number of ether oxygens (including phenoxy) is 1. The minimum absolute atomic E-state index is 0.152. The summed E-state index contributed by atoms with van der Waals surface area (Å²) >= 11 is 0. The monoisotopic (exact) mass is 247 g/mol. The highest BCUT2D eigenvalue weighted by Crippen LogP contribution is 2.12. The van der Waals surface area contributed by atoms with Crippen LogP contribution in [0.1, 0.15) is 35.5 Å². The predicted molar refractivity (Wildman–Crippen MR) is 69.6 cm³/mol. The van der Waals surface area contributed by atoms with Crippen LogP contribution >= 0.6 is 0 Å². The molecule has 0 radical (unpaired) electrons. The molecule has 0 aliphatic heterocycles. The molecule has 0 aliphatic carbocycles. The number of hydrogen-bond donors (Lipinski definition) is 0. The Balaban J connectivity index is 3.38. The van der Waals surface area contributed by atoms with Crippen LogP contribution in [-0.4, -0.2) is 17.1 Å². The highest BCUT2D eigenvalue weighted by molar-refractivity contribution is 5.92. The summed E-state index contributed by atoms with van der Waals surface area (Å²) in [5.74, 6) is 5.16. The highest BCUT2D eigenvalue weighted by atomic mass is 16.5. The number of hydrogen-bond acceptors (Lipinski definition) is 3. The molecule has 0 saturated carbocycles. The normalized spacial score (nSPS) is 9.56. The molecule has 1 heterocycles. The lowest BCUT2D eigenvalue weighted by Gasteiger charge is -2.13. The molecule has 0 saturated heterocycles. The van der Waals surface area contributed by atoms with Crippen LogP contribution in [0.15, 0.2) is 10.9 Å². The number of carbonyl (C=O) groups excluding carboxylic acids is 1. The van der Waals surface area contributed by atoms with E-state index in [0.29, 0.717) is 23.4 Å². The number of pyridine rings is 1. The Bertz CT molecular complexity index is 573. The van der Waals surface area contributed by atoms with Gasteiger partial charge in [-0.2, -0.15) is 0 Å². The van der Waals surface area contributed by atoms with Crippen molar-refractivity contribution < 1.29 is 9.53 Å². The molecule has 0 fully saturated rings. The molecular formula is C14H17NO3.